The Hall–Kier alpha value is -2.29. The molecule has 3 heteroatoms. The van der Waals surface area contributed by atoms with Crippen LogP contribution in [0.2, 0.25) is 0 Å². The van der Waals surface area contributed by atoms with Crippen LogP contribution in [0.3, 0.4) is 0 Å². The van der Waals surface area contributed by atoms with Crippen LogP contribution in [-0.4, -0.2) is 5.97 Å². The second-order valence-electron chi connectivity index (χ2n) is 5.59. The highest BCUT2D eigenvalue weighted by Crippen LogP contribution is 2.35. The molecule has 2 aromatic rings. The minimum absolute atomic E-state index is 0.189. The number of hydrogen-bond donors (Lipinski definition) is 1. The van der Waals surface area contributed by atoms with Crippen molar-refractivity contribution in [2.45, 2.75) is 32.1 Å². The Morgan fingerprint density at radius 1 is 1.19 bits per heavy atom. The Morgan fingerprint density at radius 2 is 1.95 bits per heavy atom. The first-order chi connectivity index (χ1) is 10.1. The second kappa shape index (κ2) is 5.60. The normalized spacial score (nSPS) is 17.1. The van der Waals surface area contributed by atoms with Gasteiger partial charge in [0.2, 0.25) is 0 Å². The molecule has 0 amide bonds. The van der Waals surface area contributed by atoms with Crippen LogP contribution < -0.4 is 10.5 Å². The van der Waals surface area contributed by atoms with Crippen molar-refractivity contribution in [3.8, 4) is 5.75 Å². The summed E-state index contributed by atoms with van der Waals surface area (Å²) in [6.07, 6.45) is 2.73. The molecule has 0 saturated carbocycles. The zero-order valence-corrected chi connectivity index (χ0v) is 12.1. The fraction of sp³-hybridized carbons (Fsp3) is 0.278. The SMILES string of the molecule is Cc1ccc(OC(=O)C2CCCc3c(N)cccc32)cc1. The predicted molar refractivity (Wildman–Crippen MR) is 83.3 cm³/mol. The maximum atomic E-state index is 12.5. The topological polar surface area (TPSA) is 52.3 Å². The summed E-state index contributed by atoms with van der Waals surface area (Å²) in [6, 6.07) is 13.3. The summed E-state index contributed by atoms with van der Waals surface area (Å²) in [7, 11) is 0. The average Bonchev–Trinajstić information content (AvgIpc) is 2.49. The molecule has 1 aliphatic rings. The number of nitrogens with two attached hydrogens (primary N) is 1. The molecule has 0 aliphatic heterocycles. The molecule has 1 atom stereocenters. The Morgan fingerprint density at radius 3 is 2.71 bits per heavy atom. The molecular weight excluding hydrogens is 262 g/mol. The Labute approximate surface area is 124 Å². The van der Waals surface area contributed by atoms with E-state index in [1.54, 1.807) is 0 Å². The fourth-order valence-electron chi connectivity index (χ4n) is 2.92. The molecule has 0 spiro atoms. The number of rotatable bonds is 2. The molecule has 1 aliphatic carbocycles. The summed E-state index contributed by atoms with van der Waals surface area (Å²) in [5.41, 5.74) is 10.1. The van der Waals surface area contributed by atoms with E-state index in [-0.39, 0.29) is 11.9 Å². The monoisotopic (exact) mass is 281 g/mol. The number of carbonyl (C=O) groups is 1. The van der Waals surface area contributed by atoms with E-state index in [0.717, 1.165) is 41.6 Å². The molecule has 2 N–H and O–H groups in total. The molecule has 3 nitrogen and oxygen atoms in total. The maximum Gasteiger partial charge on any atom is 0.318 e. The van der Waals surface area contributed by atoms with Crippen molar-refractivity contribution < 1.29 is 9.53 Å². The van der Waals surface area contributed by atoms with Crippen LogP contribution >= 0.6 is 0 Å². The Bertz CT molecular complexity index is 661. The largest absolute Gasteiger partial charge is 0.426 e. The average molecular weight is 281 g/mol. The van der Waals surface area contributed by atoms with Crippen LogP contribution in [0.5, 0.6) is 5.75 Å². The lowest BCUT2D eigenvalue weighted by molar-refractivity contribution is -0.136. The first kappa shape index (κ1) is 13.7. The molecule has 0 bridgehead atoms. The van der Waals surface area contributed by atoms with Crippen LogP contribution in [0.25, 0.3) is 0 Å². The fourth-order valence-corrected chi connectivity index (χ4v) is 2.92. The van der Waals surface area contributed by atoms with Crippen molar-refractivity contribution >= 4 is 11.7 Å². The zero-order chi connectivity index (χ0) is 14.8. The van der Waals surface area contributed by atoms with Gasteiger partial charge in [-0.2, -0.15) is 0 Å². The summed E-state index contributed by atoms with van der Waals surface area (Å²) in [5, 5.41) is 0. The van der Waals surface area contributed by atoms with E-state index in [2.05, 4.69) is 0 Å². The molecule has 3 rings (SSSR count). The lowest BCUT2D eigenvalue weighted by Crippen LogP contribution is -2.23. The van der Waals surface area contributed by atoms with Crippen molar-refractivity contribution in [2.75, 3.05) is 5.73 Å². The third kappa shape index (κ3) is 2.77. The van der Waals surface area contributed by atoms with Gasteiger partial charge in [0.25, 0.3) is 0 Å². The minimum atomic E-state index is -0.210. The molecule has 0 fully saturated rings. The third-order valence-electron chi connectivity index (χ3n) is 4.07. The zero-order valence-electron chi connectivity index (χ0n) is 12.1. The Kier molecular flexibility index (Phi) is 3.65. The van der Waals surface area contributed by atoms with E-state index in [1.165, 1.54) is 0 Å². The summed E-state index contributed by atoms with van der Waals surface area (Å²) in [5.74, 6) is 0.200. The highest BCUT2D eigenvalue weighted by molar-refractivity contribution is 5.82. The lowest BCUT2D eigenvalue weighted by atomic mass is 9.82. The number of aryl methyl sites for hydroxylation is 1. The lowest BCUT2D eigenvalue weighted by Gasteiger charge is -2.25. The standard InChI is InChI=1S/C18H19NO2/c1-12-8-10-13(11-9-12)21-18(20)16-6-2-5-15-14(16)4-3-7-17(15)19/h3-4,7-11,16H,2,5-6,19H2,1H3. The molecule has 2 aromatic carbocycles. The molecule has 0 aromatic heterocycles. The number of esters is 1. The first-order valence-electron chi connectivity index (χ1n) is 7.31. The van der Waals surface area contributed by atoms with Gasteiger partial charge >= 0.3 is 5.97 Å². The molecular formula is C18H19NO2. The minimum Gasteiger partial charge on any atom is -0.426 e. The van der Waals surface area contributed by atoms with Gasteiger partial charge in [-0.25, -0.2) is 0 Å². The molecule has 0 radical (unpaired) electrons. The second-order valence-corrected chi connectivity index (χ2v) is 5.59. The number of benzene rings is 2. The van der Waals surface area contributed by atoms with E-state index in [0.29, 0.717) is 5.75 Å². The molecule has 0 heterocycles. The van der Waals surface area contributed by atoms with Crippen LogP contribution in [0.4, 0.5) is 5.69 Å². The molecule has 108 valence electrons. The van der Waals surface area contributed by atoms with Crippen molar-refractivity contribution in [2.24, 2.45) is 0 Å². The van der Waals surface area contributed by atoms with Gasteiger partial charge in [0.1, 0.15) is 5.75 Å². The number of fused-ring (bicyclic) bond motifs is 1. The van der Waals surface area contributed by atoms with Crippen molar-refractivity contribution in [1.82, 2.24) is 0 Å². The highest BCUT2D eigenvalue weighted by Gasteiger charge is 2.28. The Balaban J connectivity index is 1.83. The summed E-state index contributed by atoms with van der Waals surface area (Å²) in [6.45, 7) is 2.01. The van der Waals surface area contributed by atoms with Crippen molar-refractivity contribution in [3.05, 3.63) is 59.2 Å². The first-order valence-corrected chi connectivity index (χ1v) is 7.31. The molecule has 1 unspecified atom stereocenters. The molecule has 21 heavy (non-hydrogen) atoms. The van der Waals surface area contributed by atoms with Gasteiger partial charge in [0, 0.05) is 5.69 Å². The van der Waals surface area contributed by atoms with Gasteiger partial charge in [0.05, 0.1) is 5.92 Å². The van der Waals surface area contributed by atoms with E-state index >= 15 is 0 Å². The summed E-state index contributed by atoms with van der Waals surface area (Å²) >= 11 is 0. The van der Waals surface area contributed by atoms with Crippen LogP contribution in [0.1, 0.15) is 35.4 Å². The van der Waals surface area contributed by atoms with Gasteiger partial charge in [-0.05, 0) is 55.5 Å². The van der Waals surface area contributed by atoms with Gasteiger partial charge in [-0.1, -0.05) is 29.8 Å². The highest BCUT2D eigenvalue weighted by atomic mass is 16.5. The van der Waals surface area contributed by atoms with Gasteiger partial charge in [-0.15, -0.1) is 0 Å². The van der Waals surface area contributed by atoms with E-state index in [1.807, 2.05) is 49.4 Å². The summed E-state index contributed by atoms with van der Waals surface area (Å²) < 4.78 is 5.53. The van der Waals surface area contributed by atoms with Crippen LogP contribution in [-0.2, 0) is 11.2 Å². The van der Waals surface area contributed by atoms with Gasteiger partial charge in [0.15, 0.2) is 0 Å². The number of anilines is 1. The maximum absolute atomic E-state index is 12.5. The van der Waals surface area contributed by atoms with Crippen molar-refractivity contribution in [1.29, 1.82) is 0 Å². The number of carbonyl (C=O) groups excluding carboxylic acids is 1. The van der Waals surface area contributed by atoms with Crippen LogP contribution in [0, 0.1) is 6.92 Å². The van der Waals surface area contributed by atoms with Gasteiger partial charge < -0.3 is 10.5 Å². The van der Waals surface area contributed by atoms with Crippen molar-refractivity contribution in [3.63, 3.8) is 0 Å². The predicted octanol–water partition coefficient (Wildman–Crippen LogP) is 3.60. The van der Waals surface area contributed by atoms with E-state index in [9.17, 15) is 4.79 Å². The molecule has 0 saturated heterocycles. The number of ether oxygens (including phenoxy) is 1. The van der Waals surface area contributed by atoms with Crippen LogP contribution in [0.15, 0.2) is 42.5 Å². The number of hydrogen-bond acceptors (Lipinski definition) is 3. The van der Waals surface area contributed by atoms with E-state index < -0.39 is 0 Å². The summed E-state index contributed by atoms with van der Waals surface area (Å²) in [4.78, 5) is 12.5. The smallest absolute Gasteiger partial charge is 0.318 e. The third-order valence-corrected chi connectivity index (χ3v) is 4.07. The van der Waals surface area contributed by atoms with Gasteiger partial charge in [-0.3, -0.25) is 4.79 Å². The quantitative estimate of drug-likeness (QED) is 0.520. The van der Waals surface area contributed by atoms with E-state index in [4.69, 9.17) is 10.5 Å². The number of nitrogen functional groups attached to an aromatic ring is 1.